The normalized spacial score (nSPS) is 23.5. The molecule has 0 bridgehead atoms. The maximum absolute atomic E-state index is 11.7. The average Bonchev–Trinajstić information content (AvgIpc) is 2.30. The van der Waals surface area contributed by atoms with Crippen molar-refractivity contribution in [2.75, 3.05) is 0 Å². The molecule has 0 saturated carbocycles. The zero-order chi connectivity index (χ0) is 11.7. The van der Waals surface area contributed by atoms with Crippen molar-refractivity contribution >= 4 is 17.7 Å². The second-order valence-corrected chi connectivity index (χ2v) is 4.50. The minimum Gasteiger partial charge on any atom is -0.440 e. The smallest absolute Gasteiger partial charge is 0.329 e. The first-order valence-corrected chi connectivity index (χ1v) is 5.16. The number of ether oxygens (including phenoxy) is 1. The summed E-state index contributed by atoms with van der Waals surface area (Å²) < 4.78 is 6.81. The molecule has 15 heavy (non-hydrogen) atoms. The second-order valence-electron chi connectivity index (χ2n) is 4.16. The van der Waals surface area contributed by atoms with Gasteiger partial charge in [0.1, 0.15) is 5.54 Å². The highest BCUT2D eigenvalue weighted by Gasteiger charge is 2.56. The zero-order valence-corrected chi connectivity index (χ0v) is 9.88. The fourth-order valence-electron chi connectivity index (χ4n) is 1.71. The van der Waals surface area contributed by atoms with E-state index in [0.717, 1.165) is 0 Å². The van der Waals surface area contributed by atoms with Crippen molar-refractivity contribution in [1.29, 1.82) is 0 Å². The predicted molar refractivity (Wildman–Crippen MR) is 60.2 cm³/mol. The Morgan fingerprint density at radius 3 is 2.13 bits per heavy atom. The minimum absolute atomic E-state index is 0.318. The summed E-state index contributed by atoms with van der Waals surface area (Å²) in [6.07, 6.45) is 4.34. The van der Waals surface area contributed by atoms with E-state index < -0.39 is 11.3 Å². The second kappa shape index (κ2) is 3.99. The third-order valence-electron chi connectivity index (χ3n) is 2.56. The lowest BCUT2D eigenvalue weighted by molar-refractivity contribution is -0.151. The van der Waals surface area contributed by atoms with Gasteiger partial charge in [-0.2, -0.15) is 4.42 Å². The van der Waals surface area contributed by atoms with Crippen LogP contribution in [0.1, 0.15) is 26.7 Å². The van der Waals surface area contributed by atoms with Crippen LogP contribution < -0.4 is 0 Å². The molecule has 1 saturated heterocycles. The number of halogens is 1. The number of cyclic esters (lactones) is 1. The first kappa shape index (κ1) is 12.3. The summed E-state index contributed by atoms with van der Waals surface area (Å²) in [5, 5.41) is 0. The summed E-state index contributed by atoms with van der Waals surface area (Å²) in [6, 6.07) is 0. The van der Waals surface area contributed by atoms with Gasteiger partial charge in [-0.25, -0.2) is 4.79 Å². The molecule has 84 valence electrons. The van der Waals surface area contributed by atoms with E-state index in [4.69, 9.17) is 16.5 Å². The fraction of sp³-hybridized carbons (Fsp3) is 0.545. The summed E-state index contributed by atoms with van der Waals surface area (Å²) in [4.78, 5) is 11.7. The first-order valence-electron chi connectivity index (χ1n) is 4.82. The van der Waals surface area contributed by atoms with Gasteiger partial charge < -0.3 is 4.74 Å². The Morgan fingerprint density at radius 1 is 1.40 bits per heavy atom. The predicted octanol–water partition coefficient (Wildman–Crippen LogP) is 2.63. The molecule has 0 aromatic heterocycles. The molecule has 0 radical (unpaired) electrons. The molecular formula is C11H16ClNO2. The number of nitrogens with zero attached hydrogens (tertiary/aromatic N) is 1. The Balaban J connectivity index is 3.06. The van der Waals surface area contributed by atoms with Crippen molar-refractivity contribution in [2.45, 2.75) is 38.0 Å². The van der Waals surface area contributed by atoms with Gasteiger partial charge in [-0.3, -0.25) is 0 Å². The molecule has 1 fully saturated rings. The number of rotatable bonds is 4. The number of carbonyl (C=O) groups excluding carboxylic acids is 1. The third kappa shape index (κ3) is 1.82. The number of carbonyl (C=O) groups is 1. The number of hydrogen-bond donors (Lipinski definition) is 0. The highest BCUT2D eigenvalue weighted by molar-refractivity contribution is 6.16. The van der Waals surface area contributed by atoms with Crippen LogP contribution in [-0.2, 0) is 9.53 Å². The van der Waals surface area contributed by atoms with Crippen LogP contribution >= 0.6 is 11.8 Å². The molecule has 0 spiro atoms. The summed E-state index contributed by atoms with van der Waals surface area (Å²) in [7, 11) is 0. The molecule has 0 aliphatic carbocycles. The van der Waals surface area contributed by atoms with Gasteiger partial charge in [0.15, 0.2) is 5.72 Å². The summed E-state index contributed by atoms with van der Waals surface area (Å²) in [5.74, 6) is -0.318. The Labute approximate surface area is 95.5 Å². The van der Waals surface area contributed by atoms with Gasteiger partial charge in [0.05, 0.1) is 0 Å². The third-order valence-corrected chi connectivity index (χ3v) is 3.29. The van der Waals surface area contributed by atoms with E-state index in [0.29, 0.717) is 12.8 Å². The maximum atomic E-state index is 11.7. The number of hydrogen-bond acceptors (Lipinski definition) is 3. The van der Waals surface area contributed by atoms with Crippen LogP contribution in [0.3, 0.4) is 0 Å². The lowest BCUT2D eigenvalue weighted by atomic mass is 10.0. The Bertz CT molecular complexity index is 289. The van der Waals surface area contributed by atoms with Crippen LogP contribution in [0, 0.1) is 0 Å². The SMILES string of the molecule is C=CCC1(CC=C)OC(=O)C(C)(C)N1Cl. The summed E-state index contributed by atoms with van der Waals surface area (Å²) in [6.45, 7) is 10.8. The van der Waals surface area contributed by atoms with Crippen LogP contribution in [-0.4, -0.2) is 21.7 Å². The Hall–Kier alpha value is -0.800. The van der Waals surface area contributed by atoms with Crippen molar-refractivity contribution in [3.63, 3.8) is 0 Å². The van der Waals surface area contributed by atoms with Crippen molar-refractivity contribution in [1.82, 2.24) is 4.42 Å². The van der Waals surface area contributed by atoms with Crippen molar-refractivity contribution in [2.24, 2.45) is 0 Å². The van der Waals surface area contributed by atoms with Crippen molar-refractivity contribution in [3.8, 4) is 0 Å². The Kier molecular flexibility index (Phi) is 3.26. The van der Waals surface area contributed by atoms with Gasteiger partial charge >= 0.3 is 5.97 Å². The van der Waals surface area contributed by atoms with E-state index in [2.05, 4.69) is 13.2 Å². The molecular weight excluding hydrogens is 214 g/mol. The van der Waals surface area contributed by atoms with Crippen LogP contribution in [0.15, 0.2) is 25.3 Å². The average molecular weight is 230 g/mol. The maximum Gasteiger partial charge on any atom is 0.329 e. The van der Waals surface area contributed by atoms with Crippen molar-refractivity contribution < 1.29 is 9.53 Å². The van der Waals surface area contributed by atoms with Gasteiger partial charge in [-0.05, 0) is 25.6 Å². The van der Waals surface area contributed by atoms with Crippen LogP contribution in [0.5, 0.6) is 0 Å². The standard InChI is InChI=1S/C11H16ClNO2/c1-5-7-11(8-6-2)13(12)10(3,4)9(14)15-11/h5-6H,1-2,7-8H2,3-4H3. The number of esters is 1. The molecule has 0 amide bonds. The molecule has 1 aliphatic rings. The minimum atomic E-state index is -0.828. The van der Waals surface area contributed by atoms with Crippen LogP contribution in [0.4, 0.5) is 0 Å². The van der Waals surface area contributed by atoms with E-state index >= 15 is 0 Å². The lowest BCUT2D eigenvalue weighted by Gasteiger charge is -2.33. The molecule has 0 aromatic carbocycles. The molecule has 0 aromatic rings. The topological polar surface area (TPSA) is 29.5 Å². The highest BCUT2D eigenvalue weighted by Crippen LogP contribution is 2.42. The van der Waals surface area contributed by atoms with Crippen molar-refractivity contribution in [3.05, 3.63) is 25.3 Å². The quantitative estimate of drug-likeness (QED) is 0.422. The van der Waals surface area contributed by atoms with Gasteiger partial charge in [-0.15, -0.1) is 13.2 Å². The monoisotopic (exact) mass is 229 g/mol. The molecule has 4 heteroatoms. The highest BCUT2D eigenvalue weighted by atomic mass is 35.5. The van der Waals surface area contributed by atoms with E-state index in [-0.39, 0.29) is 5.97 Å². The lowest BCUT2D eigenvalue weighted by Crippen LogP contribution is -2.46. The molecule has 3 nitrogen and oxygen atoms in total. The summed E-state index contributed by atoms with van der Waals surface area (Å²) in [5.41, 5.74) is -1.64. The Morgan fingerprint density at radius 2 is 1.87 bits per heavy atom. The first-order chi connectivity index (χ1) is 6.90. The molecule has 1 heterocycles. The molecule has 0 unspecified atom stereocenters. The molecule has 0 N–H and O–H groups in total. The van der Waals surface area contributed by atoms with E-state index in [1.807, 2.05) is 0 Å². The summed E-state index contributed by atoms with van der Waals surface area (Å²) >= 11 is 6.17. The molecule has 1 aliphatic heterocycles. The van der Waals surface area contributed by atoms with E-state index in [1.165, 1.54) is 4.42 Å². The molecule has 1 rings (SSSR count). The largest absolute Gasteiger partial charge is 0.440 e. The van der Waals surface area contributed by atoms with E-state index in [1.54, 1.807) is 26.0 Å². The van der Waals surface area contributed by atoms with Crippen LogP contribution in [0.2, 0.25) is 0 Å². The van der Waals surface area contributed by atoms with Gasteiger partial charge in [-0.1, -0.05) is 12.2 Å². The van der Waals surface area contributed by atoms with Gasteiger partial charge in [0, 0.05) is 12.8 Å². The zero-order valence-electron chi connectivity index (χ0n) is 9.12. The van der Waals surface area contributed by atoms with E-state index in [9.17, 15) is 4.79 Å². The fourth-order valence-corrected chi connectivity index (χ4v) is 1.95. The van der Waals surface area contributed by atoms with Crippen LogP contribution in [0.25, 0.3) is 0 Å². The van der Waals surface area contributed by atoms with Gasteiger partial charge in [0.2, 0.25) is 0 Å². The molecule has 0 atom stereocenters. The van der Waals surface area contributed by atoms with Gasteiger partial charge in [0.25, 0.3) is 0 Å².